The molecule has 0 spiro atoms. The van der Waals surface area contributed by atoms with Gasteiger partial charge < -0.3 is 14.7 Å². The molecular weight excluding hydrogens is 453 g/mol. The fourth-order valence-electron chi connectivity index (χ4n) is 5.85. The summed E-state index contributed by atoms with van der Waals surface area (Å²) < 4.78 is 14.4. The van der Waals surface area contributed by atoms with Gasteiger partial charge >= 0.3 is 0 Å². The molecule has 3 aromatic carbocycles. The van der Waals surface area contributed by atoms with Gasteiger partial charge in [-0.1, -0.05) is 60.2 Å². The Kier molecular flexibility index (Phi) is 5.75. The van der Waals surface area contributed by atoms with Gasteiger partial charge in [-0.15, -0.1) is 0 Å². The van der Waals surface area contributed by atoms with E-state index in [-0.39, 0.29) is 29.7 Å². The second-order valence-electron chi connectivity index (χ2n) is 10.1. The Labute approximate surface area is 211 Å². The number of amides is 2. The molecule has 0 radical (unpaired) electrons. The largest absolute Gasteiger partial charge is 0.366 e. The fourth-order valence-corrected chi connectivity index (χ4v) is 5.85. The molecule has 36 heavy (non-hydrogen) atoms. The lowest BCUT2D eigenvalue weighted by molar-refractivity contribution is -0.135. The number of carbonyl (C=O) groups is 2. The third kappa shape index (κ3) is 3.94. The Morgan fingerprint density at radius 3 is 2.33 bits per heavy atom. The lowest BCUT2D eigenvalue weighted by Crippen LogP contribution is -2.54. The normalized spacial score (nSPS) is 21.9. The maximum Gasteiger partial charge on any atom is 0.254 e. The minimum atomic E-state index is -0.471. The molecule has 2 aliphatic heterocycles. The number of aryl methyl sites for hydroxylation is 1. The van der Waals surface area contributed by atoms with E-state index in [1.807, 2.05) is 70.2 Å². The monoisotopic (exact) mass is 483 g/mol. The van der Waals surface area contributed by atoms with Crippen LogP contribution < -0.4 is 4.90 Å². The summed E-state index contributed by atoms with van der Waals surface area (Å²) in [5.41, 5.74) is 4.15. The molecule has 1 saturated carbocycles. The highest BCUT2D eigenvalue weighted by atomic mass is 19.1. The van der Waals surface area contributed by atoms with Crippen molar-refractivity contribution in [1.82, 2.24) is 9.80 Å². The summed E-state index contributed by atoms with van der Waals surface area (Å²) in [5, 5.41) is 0. The number of halogens is 1. The third-order valence-electron chi connectivity index (χ3n) is 7.75. The number of hydrogen-bond donors (Lipinski definition) is 0. The van der Waals surface area contributed by atoms with Crippen LogP contribution in [0.25, 0.3) is 0 Å². The fraction of sp³-hybridized carbons (Fsp3) is 0.333. The number of hydrogen-bond acceptors (Lipinski definition) is 3. The van der Waals surface area contributed by atoms with E-state index in [2.05, 4.69) is 6.07 Å². The van der Waals surface area contributed by atoms with Gasteiger partial charge in [0.05, 0.1) is 17.6 Å². The summed E-state index contributed by atoms with van der Waals surface area (Å²) >= 11 is 0. The zero-order valence-electron chi connectivity index (χ0n) is 20.4. The van der Waals surface area contributed by atoms with Crippen molar-refractivity contribution in [1.29, 1.82) is 0 Å². The number of fused-ring (bicyclic) bond motifs is 1. The Morgan fingerprint density at radius 2 is 1.61 bits per heavy atom. The lowest BCUT2D eigenvalue weighted by atomic mass is 9.78. The highest BCUT2D eigenvalue weighted by Crippen LogP contribution is 2.48. The molecule has 2 heterocycles. The molecule has 184 valence electrons. The Balaban J connectivity index is 1.36. The number of carbonyl (C=O) groups excluding carboxylic acids is 2. The van der Waals surface area contributed by atoms with Crippen molar-refractivity contribution in [3.8, 4) is 0 Å². The summed E-state index contributed by atoms with van der Waals surface area (Å²) in [4.78, 5) is 33.9. The third-order valence-corrected chi connectivity index (χ3v) is 7.75. The van der Waals surface area contributed by atoms with E-state index in [0.717, 1.165) is 29.5 Å². The molecule has 0 N–H and O–H groups in total. The van der Waals surface area contributed by atoms with Gasteiger partial charge in [-0.2, -0.15) is 0 Å². The number of anilines is 1. The number of para-hydroxylation sites is 1. The molecule has 2 fully saturated rings. The van der Waals surface area contributed by atoms with Crippen molar-refractivity contribution in [3.05, 3.63) is 101 Å². The van der Waals surface area contributed by atoms with Gasteiger partial charge in [0.25, 0.3) is 5.91 Å². The van der Waals surface area contributed by atoms with Gasteiger partial charge in [-0.3, -0.25) is 9.59 Å². The Bertz CT molecular complexity index is 1310. The quantitative estimate of drug-likeness (QED) is 0.529. The molecule has 1 aliphatic carbocycles. The first-order valence-electron chi connectivity index (χ1n) is 12.8. The molecular formula is C30H30FN3O2. The molecule has 5 nitrogen and oxygen atoms in total. The molecule has 2 amide bonds. The van der Waals surface area contributed by atoms with Crippen LogP contribution >= 0.6 is 0 Å². The van der Waals surface area contributed by atoms with E-state index in [1.54, 1.807) is 12.1 Å². The molecule has 3 aromatic rings. The highest BCUT2D eigenvalue weighted by molar-refractivity contribution is 6.01. The van der Waals surface area contributed by atoms with Crippen LogP contribution in [0.5, 0.6) is 0 Å². The molecule has 6 heteroatoms. The topological polar surface area (TPSA) is 43.9 Å². The SMILES string of the molecule is Cc1cccc(C2C(C(=O)N3CCN(c4ccccc4F)CC3)c3ccccc3C(=O)N2C2CC2)c1. The average molecular weight is 484 g/mol. The van der Waals surface area contributed by atoms with E-state index in [9.17, 15) is 14.0 Å². The molecule has 2 atom stereocenters. The van der Waals surface area contributed by atoms with Crippen molar-refractivity contribution < 1.29 is 14.0 Å². The zero-order chi connectivity index (χ0) is 24.8. The van der Waals surface area contributed by atoms with E-state index in [4.69, 9.17) is 0 Å². The Morgan fingerprint density at radius 1 is 0.889 bits per heavy atom. The van der Waals surface area contributed by atoms with Gasteiger partial charge in [0.2, 0.25) is 5.91 Å². The summed E-state index contributed by atoms with van der Waals surface area (Å²) in [6, 6.07) is 22.4. The maximum absolute atomic E-state index is 14.4. The molecule has 3 aliphatic rings. The van der Waals surface area contributed by atoms with Crippen molar-refractivity contribution in [2.75, 3.05) is 31.1 Å². The van der Waals surface area contributed by atoms with Gasteiger partial charge in [0, 0.05) is 37.8 Å². The van der Waals surface area contributed by atoms with Crippen LogP contribution in [0.4, 0.5) is 10.1 Å². The van der Waals surface area contributed by atoms with Gasteiger partial charge in [0.15, 0.2) is 0 Å². The Hall–Kier alpha value is -3.67. The second kappa shape index (κ2) is 9.08. The minimum Gasteiger partial charge on any atom is -0.366 e. The maximum atomic E-state index is 14.4. The number of rotatable bonds is 4. The van der Waals surface area contributed by atoms with Crippen LogP contribution in [0.2, 0.25) is 0 Å². The first-order valence-corrected chi connectivity index (χ1v) is 12.8. The zero-order valence-corrected chi connectivity index (χ0v) is 20.4. The molecule has 0 bridgehead atoms. The van der Waals surface area contributed by atoms with Crippen LogP contribution in [0.3, 0.4) is 0 Å². The summed E-state index contributed by atoms with van der Waals surface area (Å²) in [6.07, 6.45) is 1.94. The predicted octanol–water partition coefficient (Wildman–Crippen LogP) is 4.93. The van der Waals surface area contributed by atoms with Crippen LogP contribution in [0, 0.1) is 12.7 Å². The molecule has 6 rings (SSSR count). The first kappa shape index (κ1) is 22.8. The lowest BCUT2D eigenvalue weighted by Gasteiger charge is -2.45. The van der Waals surface area contributed by atoms with E-state index >= 15 is 0 Å². The predicted molar refractivity (Wildman–Crippen MR) is 137 cm³/mol. The van der Waals surface area contributed by atoms with E-state index in [0.29, 0.717) is 37.4 Å². The second-order valence-corrected chi connectivity index (χ2v) is 10.1. The van der Waals surface area contributed by atoms with Crippen molar-refractivity contribution in [2.45, 2.75) is 37.8 Å². The smallest absolute Gasteiger partial charge is 0.254 e. The van der Waals surface area contributed by atoms with Gasteiger partial charge in [-0.05, 0) is 49.1 Å². The first-order chi connectivity index (χ1) is 17.5. The van der Waals surface area contributed by atoms with Gasteiger partial charge in [0.1, 0.15) is 5.82 Å². The van der Waals surface area contributed by atoms with Crippen molar-refractivity contribution in [3.63, 3.8) is 0 Å². The van der Waals surface area contributed by atoms with Crippen LogP contribution in [-0.4, -0.2) is 53.8 Å². The molecule has 2 unspecified atom stereocenters. The standard InChI is InChI=1S/C30H30FN3O2/c1-20-7-6-8-21(19-20)28-27(23-9-2-3-10-24(23)29(35)34(28)22-13-14-22)30(36)33-17-15-32(16-18-33)26-12-5-4-11-25(26)31/h2-12,19,22,27-28H,13-18H2,1H3. The minimum absolute atomic E-state index is 0.0213. The van der Waals surface area contributed by atoms with Crippen LogP contribution in [0.15, 0.2) is 72.8 Å². The van der Waals surface area contributed by atoms with Gasteiger partial charge in [-0.25, -0.2) is 4.39 Å². The highest BCUT2D eigenvalue weighted by Gasteiger charge is 2.50. The number of nitrogens with zero attached hydrogens (tertiary/aromatic N) is 3. The number of benzene rings is 3. The van der Waals surface area contributed by atoms with E-state index in [1.165, 1.54) is 6.07 Å². The summed E-state index contributed by atoms with van der Waals surface area (Å²) in [7, 11) is 0. The molecule has 0 aromatic heterocycles. The average Bonchev–Trinajstić information content (AvgIpc) is 3.74. The summed E-state index contributed by atoms with van der Waals surface area (Å²) in [6.45, 7) is 4.22. The van der Waals surface area contributed by atoms with Crippen LogP contribution in [0.1, 0.15) is 51.8 Å². The van der Waals surface area contributed by atoms with E-state index < -0.39 is 5.92 Å². The molecule has 1 saturated heterocycles. The van der Waals surface area contributed by atoms with Crippen molar-refractivity contribution >= 4 is 17.5 Å². The van der Waals surface area contributed by atoms with Crippen LogP contribution in [-0.2, 0) is 4.79 Å². The number of piperazine rings is 1. The van der Waals surface area contributed by atoms with Crippen molar-refractivity contribution in [2.24, 2.45) is 0 Å². The summed E-state index contributed by atoms with van der Waals surface area (Å²) in [5.74, 6) is -0.647.